The Kier molecular flexibility index (Phi) is 3.46. The molecular weight excluding hydrogens is 252 g/mol. The van der Waals surface area contributed by atoms with Gasteiger partial charge in [0, 0.05) is 20.0 Å². The number of hydrogen-bond acceptors (Lipinski definition) is 5. The van der Waals surface area contributed by atoms with Gasteiger partial charge in [0.25, 0.3) is 5.56 Å². The van der Waals surface area contributed by atoms with E-state index in [1.165, 1.54) is 18.7 Å². The van der Waals surface area contributed by atoms with Gasteiger partial charge in [-0.25, -0.2) is 4.79 Å². The Bertz CT molecular complexity index is 628. The van der Waals surface area contributed by atoms with Gasteiger partial charge in [-0.1, -0.05) is 0 Å². The summed E-state index contributed by atoms with van der Waals surface area (Å²) in [6.07, 6.45) is 0.0777. The van der Waals surface area contributed by atoms with Crippen LogP contribution < -0.4 is 16.0 Å². The Labute approximate surface area is 109 Å². The number of hydrogen-bond donors (Lipinski definition) is 0. The lowest BCUT2D eigenvalue weighted by Gasteiger charge is -2.09. The van der Waals surface area contributed by atoms with Crippen LogP contribution in [0.3, 0.4) is 0 Å². The fourth-order valence-electron chi connectivity index (χ4n) is 2.22. The van der Waals surface area contributed by atoms with Crippen LogP contribution in [-0.4, -0.2) is 28.3 Å². The molecule has 2 heterocycles. The number of carbonyl (C=O) groups is 1. The fourth-order valence-corrected chi connectivity index (χ4v) is 2.22. The van der Waals surface area contributed by atoms with Crippen LogP contribution in [0.15, 0.2) is 9.59 Å². The van der Waals surface area contributed by atoms with Crippen molar-refractivity contribution in [3.8, 4) is 5.88 Å². The molecule has 19 heavy (non-hydrogen) atoms. The van der Waals surface area contributed by atoms with Gasteiger partial charge in [-0.05, 0) is 6.92 Å². The normalized spacial score (nSPS) is 16.9. The maximum Gasteiger partial charge on any atom is 0.333 e. The first-order valence-corrected chi connectivity index (χ1v) is 6.05. The van der Waals surface area contributed by atoms with E-state index in [1.807, 2.05) is 0 Å². The lowest BCUT2D eigenvalue weighted by atomic mass is 10.0. The molecule has 7 nitrogen and oxygen atoms in total. The zero-order valence-corrected chi connectivity index (χ0v) is 11.1. The van der Waals surface area contributed by atoms with Crippen LogP contribution in [0.4, 0.5) is 0 Å². The van der Waals surface area contributed by atoms with E-state index >= 15 is 0 Å². The summed E-state index contributed by atoms with van der Waals surface area (Å²) >= 11 is 0. The molecule has 1 atom stereocenters. The van der Waals surface area contributed by atoms with E-state index in [2.05, 4.69) is 0 Å². The third-order valence-corrected chi connectivity index (χ3v) is 3.19. The minimum absolute atomic E-state index is 0.0777. The van der Waals surface area contributed by atoms with Crippen LogP contribution in [0.2, 0.25) is 0 Å². The number of rotatable bonds is 3. The number of fused-ring (bicyclic) bond motifs is 1. The van der Waals surface area contributed by atoms with Crippen LogP contribution >= 0.6 is 0 Å². The molecule has 0 fully saturated rings. The van der Waals surface area contributed by atoms with Crippen molar-refractivity contribution in [2.24, 2.45) is 14.1 Å². The molecule has 104 valence electrons. The lowest BCUT2D eigenvalue weighted by molar-refractivity contribution is -0.143. The Morgan fingerprint density at radius 3 is 2.68 bits per heavy atom. The summed E-state index contributed by atoms with van der Waals surface area (Å²) in [5.74, 6) is -0.484. The van der Waals surface area contributed by atoms with Crippen molar-refractivity contribution in [3.05, 3.63) is 26.4 Å². The van der Waals surface area contributed by atoms with Crippen molar-refractivity contribution in [2.75, 3.05) is 13.2 Å². The third kappa shape index (κ3) is 2.16. The fraction of sp³-hybridized carbons (Fsp3) is 0.583. The van der Waals surface area contributed by atoms with E-state index in [9.17, 15) is 14.4 Å². The quantitative estimate of drug-likeness (QED) is 0.691. The Morgan fingerprint density at radius 1 is 1.37 bits per heavy atom. The van der Waals surface area contributed by atoms with Crippen molar-refractivity contribution in [1.82, 2.24) is 9.13 Å². The van der Waals surface area contributed by atoms with Gasteiger partial charge in [-0.15, -0.1) is 0 Å². The lowest BCUT2D eigenvalue weighted by Crippen LogP contribution is -2.38. The van der Waals surface area contributed by atoms with Gasteiger partial charge in [0.1, 0.15) is 0 Å². The van der Waals surface area contributed by atoms with E-state index < -0.39 is 11.2 Å². The van der Waals surface area contributed by atoms with E-state index in [0.717, 1.165) is 4.57 Å². The van der Waals surface area contributed by atoms with Gasteiger partial charge in [0.05, 0.1) is 25.2 Å². The predicted octanol–water partition coefficient (Wildman–Crippen LogP) is -0.487. The summed E-state index contributed by atoms with van der Waals surface area (Å²) in [5, 5.41) is 0. The maximum atomic E-state index is 12.1. The molecule has 1 aliphatic rings. The Morgan fingerprint density at radius 2 is 2.05 bits per heavy atom. The zero-order valence-electron chi connectivity index (χ0n) is 11.1. The molecule has 0 aromatic carbocycles. The summed E-state index contributed by atoms with van der Waals surface area (Å²) in [5.41, 5.74) is -0.483. The second kappa shape index (κ2) is 4.91. The van der Waals surface area contributed by atoms with Crippen LogP contribution in [0, 0.1) is 0 Å². The summed E-state index contributed by atoms with van der Waals surface area (Å²) in [6, 6.07) is 0. The van der Waals surface area contributed by atoms with Crippen LogP contribution in [0.1, 0.15) is 24.8 Å². The maximum absolute atomic E-state index is 12.1. The third-order valence-electron chi connectivity index (χ3n) is 3.19. The van der Waals surface area contributed by atoms with Crippen molar-refractivity contribution in [3.63, 3.8) is 0 Å². The number of esters is 1. The summed E-state index contributed by atoms with van der Waals surface area (Å²) in [7, 11) is 2.94. The zero-order chi connectivity index (χ0) is 14.2. The Balaban J connectivity index is 2.43. The standard InChI is InChI=1S/C12H16N2O5/c1-4-18-8(15)5-7-6-19-11-9(7)10(16)13(2)12(17)14(11)3/h7H,4-6H2,1-3H3. The van der Waals surface area contributed by atoms with E-state index in [1.54, 1.807) is 6.92 Å². The van der Waals surface area contributed by atoms with Crippen LogP contribution in [-0.2, 0) is 23.6 Å². The minimum atomic E-state index is -0.444. The first kappa shape index (κ1) is 13.4. The highest BCUT2D eigenvalue weighted by Crippen LogP contribution is 2.31. The molecular formula is C12H16N2O5. The van der Waals surface area contributed by atoms with Gasteiger partial charge in [-0.2, -0.15) is 0 Å². The average Bonchev–Trinajstić information content (AvgIpc) is 2.78. The Hall–Kier alpha value is -2.05. The van der Waals surface area contributed by atoms with E-state index in [4.69, 9.17) is 9.47 Å². The largest absolute Gasteiger partial charge is 0.478 e. The van der Waals surface area contributed by atoms with Gasteiger partial charge in [0.15, 0.2) is 0 Å². The number of ether oxygens (including phenoxy) is 2. The van der Waals surface area contributed by atoms with E-state index in [0.29, 0.717) is 12.2 Å². The molecule has 7 heteroatoms. The summed E-state index contributed by atoms with van der Waals surface area (Å²) in [6.45, 7) is 2.23. The summed E-state index contributed by atoms with van der Waals surface area (Å²) < 4.78 is 12.5. The molecule has 0 aliphatic carbocycles. The highest BCUT2D eigenvalue weighted by molar-refractivity contribution is 5.71. The molecule has 0 N–H and O–H groups in total. The molecule has 0 bridgehead atoms. The van der Waals surface area contributed by atoms with Crippen molar-refractivity contribution in [2.45, 2.75) is 19.3 Å². The first-order valence-electron chi connectivity index (χ1n) is 6.05. The molecule has 1 aliphatic heterocycles. The minimum Gasteiger partial charge on any atom is -0.478 e. The molecule has 2 rings (SSSR count). The summed E-state index contributed by atoms with van der Waals surface area (Å²) in [4.78, 5) is 35.3. The molecule has 0 amide bonds. The second-order valence-corrected chi connectivity index (χ2v) is 4.44. The molecule has 1 aromatic heterocycles. The van der Waals surface area contributed by atoms with Gasteiger partial charge in [-0.3, -0.25) is 18.7 Å². The van der Waals surface area contributed by atoms with Crippen LogP contribution in [0.5, 0.6) is 5.88 Å². The molecule has 1 aromatic rings. The predicted molar refractivity (Wildman–Crippen MR) is 66.4 cm³/mol. The first-order chi connectivity index (χ1) is 8.97. The molecule has 0 saturated heterocycles. The van der Waals surface area contributed by atoms with Gasteiger partial charge >= 0.3 is 11.7 Å². The smallest absolute Gasteiger partial charge is 0.333 e. The number of carbonyl (C=O) groups excluding carboxylic acids is 1. The van der Waals surface area contributed by atoms with E-state index in [-0.39, 0.29) is 30.8 Å². The van der Waals surface area contributed by atoms with Gasteiger partial charge < -0.3 is 9.47 Å². The van der Waals surface area contributed by atoms with Crippen molar-refractivity contribution >= 4 is 5.97 Å². The number of aromatic nitrogens is 2. The van der Waals surface area contributed by atoms with Crippen molar-refractivity contribution in [1.29, 1.82) is 0 Å². The highest BCUT2D eigenvalue weighted by Gasteiger charge is 2.33. The average molecular weight is 268 g/mol. The molecule has 1 unspecified atom stereocenters. The monoisotopic (exact) mass is 268 g/mol. The topological polar surface area (TPSA) is 79.5 Å². The number of nitrogens with zero attached hydrogens (tertiary/aromatic N) is 2. The highest BCUT2D eigenvalue weighted by atomic mass is 16.5. The van der Waals surface area contributed by atoms with Crippen molar-refractivity contribution < 1.29 is 14.3 Å². The molecule has 0 saturated carbocycles. The van der Waals surface area contributed by atoms with Gasteiger partial charge in [0.2, 0.25) is 5.88 Å². The second-order valence-electron chi connectivity index (χ2n) is 4.44. The SMILES string of the molecule is CCOC(=O)CC1COc2c1c(=O)n(C)c(=O)n2C. The molecule has 0 spiro atoms. The molecule has 0 radical (unpaired) electrons. The van der Waals surface area contributed by atoms with Crippen LogP contribution in [0.25, 0.3) is 0 Å².